The topological polar surface area (TPSA) is 42.3 Å². The molecule has 1 saturated heterocycles. The first-order chi connectivity index (χ1) is 8.77. The van der Waals surface area contributed by atoms with Gasteiger partial charge in [-0.2, -0.15) is 5.26 Å². The average molecular weight is 266 g/mol. The van der Waals surface area contributed by atoms with Gasteiger partial charge in [-0.1, -0.05) is 0 Å². The highest BCUT2D eigenvalue weighted by Gasteiger charge is 2.32. The number of piperazine rings is 1. The summed E-state index contributed by atoms with van der Waals surface area (Å²) in [5.41, 5.74) is -0.434. The fraction of sp³-hybridized carbons (Fsp3) is 0.933. The molecule has 0 amide bonds. The van der Waals surface area contributed by atoms with Crippen LogP contribution in [-0.2, 0) is 0 Å². The number of hydrogen-bond donors (Lipinski definition) is 1. The van der Waals surface area contributed by atoms with Gasteiger partial charge < -0.3 is 4.90 Å². The van der Waals surface area contributed by atoms with Crippen molar-refractivity contribution >= 4 is 0 Å². The van der Waals surface area contributed by atoms with Crippen LogP contribution in [0.1, 0.15) is 41.0 Å². The summed E-state index contributed by atoms with van der Waals surface area (Å²) >= 11 is 0. The van der Waals surface area contributed by atoms with Crippen LogP contribution < -0.4 is 5.32 Å². The summed E-state index contributed by atoms with van der Waals surface area (Å²) in [4.78, 5) is 4.92. The van der Waals surface area contributed by atoms with Crippen molar-refractivity contribution in [3.63, 3.8) is 0 Å². The molecular formula is C15H30N4. The van der Waals surface area contributed by atoms with Gasteiger partial charge in [-0.25, -0.2) is 0 Å². The van der Waals surface area contributed by atoms with Crippen molar-refractivity contribution < 1.29 is 0 Å². The van der Waals surface area contributed by atoms with Crippen molar-refractivity contribution in [1.82, 2.24) is 15.1 Å². The molecule has 0 saturated carbocycles. The summed E-state index contributed by atoms with van der Waals surface area (Å²) in [5.74, 6) is 0. The molecule has 0 spiro atoms. The van der Waals surface area contributed by atoms with E-state index in [0.717, 1.165) is 26.1 Å². The third-order valence-corrected chi connectivity index (χ3v) is 4.01. The van der Waals surface area contributed by atoms with Crippen LogP contribution >= 0.6 is 0 Å². The van der Waals surface area contributed by atoms with Gasteiger partial charge in [-0.15, -0.1) is 0 Å². The Morgan fingerprint density at radius 3 is 2.47 bits per heavy atom. The number of nitrogens with one attached hydrogen (secondary N) is 1. The van der Waals surface area contributed by atoms with Crippen molar-refractivity contribution in [2.75, 3.05) is 26.7 Å². The molecule has 1 aliphatic rings. The molecule has 1 N–H and O–H groups in total. The van der Waals surface area contributed by atoms with Crippen LogP contribution in [0.25, 0.3) is 0 Å². The summed E-state index contributed by atoms with van der Waals surface area (Å²) in [6, 6.07) is 3.79. The van der Waals surface area contributed by atoms with Crippen molar-refractivity contribution in [1.29, 1.82) is 5.26 Å². The lowest BCUT2D eigenvalue weighted by Gasteiger charge is -2.43. The van der Waals surface area contributed by atoms with Crippen LogP contribution in [0, 0.1) is 11.3 Å². The van der Waals surface area contributed by atoms with E-state index in [0.29, 0.717) is 18.1 Å². The maximum atomic E-state index is 9.45. The lowest BCUT2D eigenvalue weighted by Crippen LogP contribution is -2.56. The average Bonchev–Trinajstić information content (AvgIpc) is 2.27. The van der Waals surface area contributed by atoms with Crippen LogP contribution in [-0.4, -0.2) is 60.1 Å². The molecule has 0 aliphatic carbocycles. The van der Waals surface area contributed by atoms with Crippen LogP contribution in [0.5, 0.6) is 0 Å². The summed E-state index contributed by atoms with van der Waals surface area (Å²) < 4.78 is 0. The van der Waals surface area contributed by atoms with Gasteiger partial charge in [0.25, 0.3) is 0 Å². The summed E-state index contributed by atoms with van der Waals surface area (Å²) in [6.07, 6.45) is 0.871. The Morgan fingerprint density at radius 1 is 1.37 bits per heavy atom. The predicted molar refractivity (Wildman–Crippen MR) is 80.0 cm³/mol. The number of nitriles is 1. The van der Waals surface area contributed by atoms with Gasteiger partial charge in [0.15, 0.2) is 0 Å². The fourth-order valence-corrected chi connectivity index (χ4v) is 3.29. The minimum atomic E-state index is -0.434. The van der Waals surface area contributed by atoms with E-state index in [-0.39, 0.29) is 0 Å². The van der Waals surface area contributed by atoms with Crippen molar-refractivity contribution in [3.05, 3.63) is 0 Å². The largest absolute Gasteiger partial charge is 0.304 e. The monoisotopic (exact) mass is 266 g/mol. The molecule has 3 atom stereocenters. The molecule has 4 nitrogen and oxygen atoms in total. The van der Waals surface area contributed by atoms with Gasteiger partial charge in [0.05, 0.1) is 6.07 Å². The number of rotatable bonds is 5. The summed E-state index contributed by atoms with van der Waals surface area (Å²) in [6.45, 7) is 14.1. The SMILES string of the molecule is CC(C)NC(C)(C#N)CC(C)N1CCN(C)CC1C. The molecule has 110 valence electrons. The lowest BCUT2D eigenvalue weighted by atomic mass is 9.92. The first-order valence-electron chi connectivity index (χ1n) is 7.40. The van der Waals surface area contributed by atoms with Gasteiger partial charge in [-0.05, 0) is 48.1 Å². The van der Waals surface area contributed by atoms with E-state index in [1.54, 1.807) is 0 Å². The van der Waals surface area contributed by atoms with Gasteiger partial charge in [-0.3, -0.25) is 10.2 Å². The quantitative estimate of drug-likeness (QED) is 0.822. The normalized spacial score (nSPS) is 26.9. The Kier molecular flexibility index (Phi) is 5.79. The van der Waals surface area contributed by atoms with Crippen molar-refractivity contribution in [2.24, 2.45) is 0 Å². The van der Waals surface area contributed by atoms with E-state index in [4.69, 9.17) is 0 Å². The smallest absolute Gasteiger partial charge is 0.105 e. The second-order valence-corrected chi connectivity index (χ2v) is 6.65. The third kappa shape index (κ3) is 4.76. The maximum Gasteiger partial charge on any atom is 0.105 e. The van der Waals surface area contributed by atoms with E-state index in [1.165, 1.54) is 0 Å². The number of nitrogens with zero attached hydrogens (tertiary/aromatic N) is 3. The van der Waals surface area contributed by atoms with Gasteiger partial charge in [0, 0.05) is 37.8 Å². The molecular weight excluding hydrogens is 236 g/mol. The Morgan fingerprint density at radius 2 is 2.00 bits per heavy atom. The molecule has 0 aromatic rings. The standard InChI is InChI=1S/C15H30N4/c1-12(2)17-15(5,11-16)9-13(3)19-8-7-18(6)10-14(19)4/h12-14,17H,7-10H2,1-6H3. The second kappa shape index (κ2) is 6.69. The molecule has 1 heterocycles. The van der Waals surface area contributed by atoms with E-state index >= 15 is 0 Å². The second-order valence-electron chi connectivity index (χ2n) is 6.65. The molecule has 1 aliphatic heterocycles. The molecule has 0 bridgehead atoms. The molecule has 3 unspecified atom stereocenters. The Labute approximate surface area is 118 Å². The van der Waals surface area contributed by atoms with Crippen molar-refractivity contribution in [3.8, 4) is 6.07 Å². The van der Waals surface area contributed by atoms with Crippen molar-refractivity contribution in [2.45, 2.75) is 64.7 Å². The lowest BCUT2D eigenvalue weighted by molar-refractivity contribution is 0.0565. The highest BCUT2D eigenvalue weighted by molar-refractivity contribution is 5.06. The van der Waals surface area contributed by atoms with E-state index in [9.17, 15) is 5.26 Å². The van der Waals surface area contributed by atoms with Crippen LogP contribution in [0.2, 0.25) is 0 Å². The van der Waals surface area contributed by atoms with Crippen LogP contribution in [0.3, 0.4) is 0 Å². The Balaban J connectivity index is 2.62. The third-order valence-electron chi connectivity index (χ3n) is 4.01. The first kappa shape index (κ1) is 16.4. The van der Waals surface area contributed by atoms with E-state index in [1.807, 2.05) is 6.92 Å². The molecule has 0 radical (unpaired) electrons. The zero-order valence-corrected chi connectivity index (χ0v) is 13.4. The minimum Gasteiger partial charge on any atom is -0.304 e. The van der Waals surface area contributed by atoms with Crippen LogP contribution in [0.15, 0.2) is 0 Å². The first-order valence-corrected chi connectivity index (χ1v) is 7.40. The van der Waals surface area contributed by atoms with Gasteiger partial charge in [0.1, 0.15) is 5.54 Å². The number of likely N-dealkylation sites (N-methyl/N-ethyl adjacent to an activating group) is 1. The van der Waals surface area contributed by atoms with Gasteiger partial charge >= 0.3 is 0 Å². The number of hydrogen-bond acceptors (Lipinski definition) is 4. The molecule has 4 heteroatoms. The fourth-order valence-electron chi connectivity index (χ4n) is 3.29. The Hall–Kier alpha value is -0.630. The minimum absolute atomic E-state index is 0.335. The molecule has 0 aromatic carbocycles. The summed E-state index contributed by atoms with van der Waals surface area (Å²) in [5, 5.41) is 12.9. The molecule has 0 aromatic heterocycles. The zero-order valence-electron chi connectivity index (χ0n) is 13.4. The molecule has 1 rings (SSSR count). The zero-order chi connectivity index (χ0) is 14.6. The molecule has 19 heavy (non-hydrogen) atoms. The highest BCUT2D eigenvalue weighted by atomic mass is 15.3. The van der Waals surface area contributed by atoms with E-state index in [2.05, 4.69) is 55.9 Å². The molecule has 1 fully saturated rings. The predicted octanol–water partition coefficient (Wildman–Crippen LogP) is 1.68. The highest BCUT2D eigenvalue weighted by Crippen LogP contribution is 2.20. The van der Waals surface area contributed by atoms with Gasteiger partial charge in [0.2, 0.25) is 0 Å². The summed E-state index contributed by atoms with van der Waals surface area (Å²) in [7, 11) is 2.18. The maximum absolute atomic E-state index is 9.45. The van der Waals surface area contributed by atoms with E-state index < -0.39 is 5.54 Å². The Bertz CT molecular complexity index is 323. The van der Waals surface area contributed by atoms with Crippen LogP contribution in [0.4, 0.5) is 0 Å².